The van der Waals surface area contributed by atoms with Crippen LogP contribution in [-0.2, 0) is 4.79 Å². The van der Waals surface area contributed by atoms with Crippen LogP contribution < -0.4 is 11.1 Å². The average molecular weight is 344 g/mol. The van der Waals surface area contributed by atoms with Crippen molar-refractivity contribution < 1.29 is 4.79 Å². The van der Waals surface area contributed by atoms with Gasteiger partial charge in [-0.2, -0.15) is 0 Å². The molecule has 1 aliphatic carbocycles. The summed E-state index contributed by atoms with van der Waals surface area (Å²) >= 11 is 0. The summed E-state index contributed by atoms with van der Waals surface area (Å²) in [6, 6.07) is 9.97. The number of benzene rings is 1. The first-order valence-electron chi connectivity index (χ1n) is 10.0. The summed E-state index contributed by atoms with van der Waals surface area (Å²) in [5, 5.41) is 3.44. The molecule has 3 N–H and O–H groups in total. The molecule has 1 aliphatic heterocycles. The van der Waals surface area contributed by atoms with E-state index in [0.717, 1.165) is 37.5 Å². The van der Waals surface area contributed by atoms with E-state index in [1.54, 1.807) is 0 Å². The zero-order chi connectivity index (χ0) is 17.5. The van der Waals surface area contributed by atoms with E-state index in [1.807, 2.05) is 30.3 Å². The minimum atomic E-state index is -0.598. The van der Waals surface area contributed by atoms with Crippen molar-refractivity contribution in [2.24, 2.45) is 11.7 Å². The molecule has 4 nitrogen and oxygen atoms in total. The fourth-order valence-electron chi connectivity index (χ4n) is 4.44. The fraction of sp³-hybridized carbons (Fsp3) is 0.667. The predicted octanol–water partition coefficient (Wildman–Crippen LogP) is 3.78. The molecule has 4 heteroatoms. The van der Waals surface area contributed by atoms with E-state index in [1.165, 1.54) is 51.5 Å². The van der Waals surface area contributed by atoms with Gasteiger partial charge in [0, 0.05) is 25.3 Å². The van der Waals surface area contributed by atoms with Crippen LogP contribution in [0, 0.1) is 5.92 Å². The summed E-state index contributed by atoms with van der Waals surface area (Å²) in [6.07, 6.45) is 11.3. The Kier molecular flexibility index (Phi) is 6.35. The SMILES string of the molecule is NC(=O)C1(Nc2ccccc2)CCN(CC2CCCCCCC2)CC1. The first kappa shape index (κ1) is 18.2. The third-order valence-corrected chi connectivity index (χ3v) is 6.08. The smallest absolute Gasteiger partial charge is 0.243 e. The third kappa shape index (κ3) is 4.97. The van der Waals surface area contributed by atoms with Gasteiger partial charge in [0.2, 0.25) is 5.91 Å². The predicted molar refractivity (Wildman–Crippen MR) is 103 cm³/mol. The van der Waals surface area contributed by atoms with E-state index < -0.39 is 5.54 Å². The van der Waals surface area contributed by atoms with Crippen LogP contribution in [0.3, 0.4) is 0 Å². The van der Waals surface area contributed by atoms with Gasteiger partial charge in [0.1, 0.15) is 5.54 Å². The Morgan fingerprint density at radius 1 is 1.04 bits per heavy atom. The Balaban J connectivity index is 1.55. The summed E-state index contributed by atoms with van der Waals surface area (Å²) in [5.74, 6) is 0.616. The van der Waals surface area contributed by atoms with Gasteiger partial charge in [0.25, 0.3) is 0 Å². The van der Waals surface area contributed by atoms with Gasteiger partial charge in [-0.3, -0.25) is 4.79 Å². The van der Waals surface area contributed by atoms with Crippen molar-refractivity contribution in [2.75, 3.05) is 25.0 Å². The molecule has 0 spiro atoms. The van der Waals surface area contributed by atoms with E-state index in [4.69, 9.17) is 5.73 Å². The van der Waals surface area contributed by atoms with E-state index >= 15 is 0 Å². The van der Waals surface area contributed by atoms with Crippen LogP contribution in [0.1, 0.15) is 57.8 Å². The van der Waals surface area contributed by atoms with E-state index in [9.17, 15) is 4.79 Å². The van der Waals surface area contributed by atoms with Gasteiger partial charge < -0.3 is 16.0 Å². The highest BCUT2D eigenvalue weighted by molar-refractivity contribution is 5.88. The number of hydrogen-bond donors (Lipinski definition) is 2. The van der Waals surface area contributed by atoms with Gasteiger partial charge >= 0.3 is 0 Å². The molecule has 1 heterocycles. The molecular weight excluding hydrogens is 310 g/mol. The highest BCUT2D eigenvalue weighted by Crippen LogP contribution is 2.29. The number of hydrogen-bond acceptors (Lipinski definition) is 3. The maximum absolute atomic E-state index is 12.2. The number of primary amides is 1. The number of nitrogens with two attached hydrogens (primary N) is 1. The first-order valence-corrected chi connectivity index (χ1v) is 10.0. The summed E-state index contributed by atoms with van der Waals surface area (Å²) in [4.78, 5) is 14.8. The van der Waals surface area contributed by atoms with Crippen molar-refractivity contribution in [3.05, 3.63) is 30.3 Å². The van der Waals surface area contributed by atoms with Crippen LogP contribution in [0.15, 0.2) is 30.3 Å². The highest BCUT2D eigenvalue weighted by atomic mass is 16.1. The van der Waals surface area contributed by atoms with Crippen molar-refractivity contribution >= 4 is 11.6 Å². The fourth-order valence-corrected chi connectivity index (χ4v) is 4.44. The van der Waals surface area contributed by atoms with E-state index in [0.29, 0.717) is 0 Å². The number of rotatable bonds is 5. The second kappa shape index (κ2) is 8.70. The molecule has 2 aliphatic rings. The lowest BCUT2D eigenvalue weighted by Crippen LogP contribution is -2.57. The molecular formula is C21H33N3O. The molecule has 1 amide bonds. The second-order valence-electron chi connectivity index (χ2n) is 7.95. The maximum Gasteiger partial charge on any atom is 0.243 e. The van der Waals surface area contributed by atoms with Crippen molar-refractivity contribution in [3.8, 4) is 0 Å². The van der Waals surface area contributed by atoms with Crippen LogP contribution in [0.25, 0.3) is 0 Å². The van der Waals surface area contributed by atoms with Crippen LogP contribution >= 0.6 is 0 Å². The number of anilines is 1. The van der Waals surface area contributed by atoms with Crippen molar-refractivity contribution in [1.82, 2.24) is 4.90 Å². The summed E-state index contributed by atoms with van der Waals surface area (Å²) in [6.45, 7) is 3.11. The van der Waals surface area contributed by atoms with Crippen LogP contribution in [-0.4, -0.2) is 36.0 Å². The van der Waals surface area contributed by atoms with Gasteiger partial charge in [-0.05, 0) is 43.7 Å². The average Bonchev–Trinajstić information content (AvgIpc) is 2.59. The number of piperidine rings is 1. The minimum Gasteiger partial charge on any atom is -0.371 e. The summed E-state index contributed by atoms with van der Waals surface area (Å²) < 4.78 is 0. The monoisotopic (exact) mass is 343 g/mol. The standard InChI is InChI=1S/C21H33N3O/c22-20(25)21(23-19-11-7-4-8-12-19)13-15-24(16-14-21)17-18-9-5-2-1-3-6-10-18/h4,7-8,11-12,18,23H,1-3,5-6,9-10,13-17H2,(H2,22,25). The molecule has 1 saturated heterocycles. The molecule has 0 unspecified atom stereocenters. The summed E-state index contributed by atoms with van der Waals surface area (Å²) in [7, 11) is 0. The quantitative estimate of drug-likeness (QED) is 0.855. The van der Waals surface area contributed by atoms with Crippen LogP contribution in [0.4, 0.5) is 5.69 Å². The van der Waals surface area contributed by atoms with Crippen molar-refractivity contribution in [1.29, 1.82) is 0 Å². The van der Waals surface area contributed by atoms with Gasteiger partial charge in [-0.15, -0.1) is 0 Å². The minimum absolute atomic E-state index is 0.220. The normalized spacial score (nSPS) is 22.7. The Bertz CT molecular complexity index is 529. The molecule has 0 atom stereocenters. The molecule has 0 bridgehead atoms. The third-order valence-electron chi connectivity index (χ3n) is 6.08. The Morgan fingerprint density at radius 3 is 2.24 bits per heavy atom. The largest absolute Gasteiger partial charge is 0.371 e. The highest BCUT2D eigenvalue weighted by Gasteiger charge is 2.40. The molecule has 1 aromatic rings. The number of likely N-dealkylation sites (tertiary alicyclic amines) is 1. The van der Waals surface area contributed by atoms with Gasteiger partial charge in [0.05, 0.1) is 0 Å². The Hall–Kier alpha value is -1.55. The number of carbonyl (C=O) groups excluding carboxylic acids is 1. The molecule has 1 aromatic carbocycles. The van der Waals surface area contributed by atoms with E-state index in [2.05, 4.69) is 10.2 Å². The topological polar surface area (TPSA) is 58.4 Å². The molecule has 2 fully saturated rings. The zero-order valence-electron chi connectivity index (χ0n) is 15.4. The van der Waals surface area contributed by atoms with Crippen LogP contribution in [0.2, 0.25) is 0 Å². The van der Waals surface area contributed by atoms with Crippen LogP contribution in [0.5, 0.6) is 0 Å². The molecule has 25 heavy (non-hydrogen) atoms. The van der Waals surface area contributed by atoms with Gasteiger partial charge in [-0.1, -0.05) is 50.3 Å². The molecule has 1 saturated carbocycles. The molecule has 0 aromatic heterocycles. The van der Waals surface area contributed by atoms with Crippen molar-refractivity contribution in [2.45, 2.75) is 63.3 Å². The lowest BCUT2D eigenvalue weighted by molar-refractivity contribution is -0.123. The number of nitrogens with zero attached hydrogens (tertiary/aromatic N) is 1. The lowest BCUT2D eigenvalue weighted by atomic mass is 9.85. The second-order valence-corrected chi connectivity index (χ2v) is 7.95. The number of carbonyl (C=O) groups is 1. The Morgan fingerprint density at radius 2 is 1.64 bits per heavy atom. The van der Waals surface area contributed by atoms with E-state index in [-0.39, 0.29) is 5.91 Å². The maximum atomic E-state index is 12.2. The van der Waals surface area contributed by atoms with Gasteiger partial charge in [-0.25, -0.2) is 0 Å². The van der Waals surface area contributed by atoms with Gasteiger partial charge in [0.15, 0.2) is 0 Å². The first-order chi connectivity index (χ1) is 12.2. The molecule has 0 radical (unpaired) electrons. The number of para-hydroxylation sites is 1. The summed E-state index contributed by atoms with van der Waals surface area (Å²) in [5.41, 5.74) is 6.18. The Labute approximate surface area is 152 Å². The number of amides is 1. The molecule has 138 valence electrons. The molecule has 3 rings (SSSR count). The van der Waals surface area contributed by atoms with Crippen molar-refractivity contribution in [3.63, 3.8) is 0 Å². The number of nitrogens with one attached hydrogen (secondary N) is 1. The zero-order valence-corrected chi connectivity index (χ0v) is 15.4. The lowest BCUT2D eigenvalue weighted by Gasteiger charge is -2.42.